The Hall–Kier alpha value is -3.15. The second-order valence-corrected chi connectivity index (χ2v) is 5.38. The minimum atomic E-state index is -0.409. The van der Waals surface area contributed by atoms with Crippen LogP contribution in [0.5, 0.6) is 0 Å². The topological polar surface area (TPSA) is 46.4 Å². The van der Waals surface area contributed by atoms with Gasteiger partial charge in [0.05, 0.1) is 10.6 Å². The number of hydrogen-bond acceptors (Lipinski definition) is 3. The van der Waals surface area contributed by atoms with Gasteiger partial charge in [0.25, 0.3) is 5.69 Å². The van der Waals surface area contributed by atoms with Crippen LogP contribution in [-0.2, 0) is 0 Å². The number of rotatable bonds is 4. The largest absolute Gasteiger partial charge is 0.310 e. The average molecular weight is 320 g/mol. The zero-order chi connectivity index (χ0) is 17.1. The van der Waals surface area contributed by atoms with Crippen molar-refractivity contribution in [1.29, 1.82) is 0 Å². The van der Waals surface area contributed by atoms with Gasteiger partial charge in [-0.1, -0.05) is 30.3 Å². The summed E-state index contributed by atoms with van der Waals surface area (Å²) in [5.74, 6) is -0.366. The fourth-order valence-corrected chi connectivity index (χ4v) is 2.57. The number of anilines is 3. The third kappa shape index (κ3) is 3.13. The van der Waals surface area contributed by atoms with Crippen molar-refractivity contribution in [3.05, 3.63) is 88.7 Å². The highest BCUT2D eigenvalue weighted by molar-refractivity contribution is 6.35. The Bertz CT molecular complexity index is 887. The second-order valence-electron chi connectivity index (χ2n) is 5.38. The Morgan fingerprint density at radius 1 is 0.875 bits per heavy atom. The summed E-state index contributed by atoms with van der Waals surface area (Å²) in [5.41, 5.74) is 2.60. The summed E-state index contributed by atoms with van der Waals surface area (Å²) < 4.78 is 13.7. The van der Waals surface area contributed by atoms with E-state index in [1.54, 1.807) is 37.0 Å². The Morgan fingerprint density at radius 3 is 2.21 bits per heavy atom. The molecule has 0 aliphatic carbocycles. The molecule has 0 radical (unpaired) electrons. The second kappa shape index (κ2) is 6.54. The lowest BCUT2D eigenvalue weighted by Gasteiger charge is -2.25. The van der Waals surface area contributed by atoms with E-state index in [4.69, 9.17) is 0 Å². The Kier molecular flexibility index (Phi) is 4.29. The third-order valence-corrected chi connectivity index (χ3v) is 3.73. The molecule has 24 heavy (non-hydrogen) atoms. The molecule has 0 amide bonds. The molecule has 3 aromatic carbocycles. The van der Waals surface area contributed by atoms with E-state index in [2.05, 4.69) is 0 Å². The molecule has 118 valence electrons. The zero-order valence-corrected chi connectivity index (χ0v) is 13.0. The van der Waals surface area contributed by atoms with E-state index in [9.17, 15) is 14.5 Å². The van der Waals surface area contributed by atoms with Crippen molar-refractivity contribution in [1.82, 2.24) is 0 Å². The molecule has 6 heteroatoms. The number of nitro groups is 1. The van der Waals surface area contributed by atoms with Gasteiger partial charge in [-0.3, -0.25) is 10.1 Å². The molecule has 0 spiro atoms. The van der Waals surface area contributed by atoms with Gasteiger partial charge >= 0.3 is 0 Å². The van der Waals surface area contributed by atoms with Crippen molar-refractivity contribution in [3.63, 3.8) is 0 Å². The maximum Gasteiger partial charge on any atom is 0.265 e. The molecular weight excluding hydrogens is 306 g/mol. The van der Waals surface area contributed by atoms with E-state index in [0.717, 1.165) is 5.69 Å². The smallest absolute Gasteiger partial charge is 0.265 e. The molecule has 0 saturated carbocycles. The number of benzene rings is 3. The van der Waals surface area contributed by atoms with Crippen LogP contribution in [0.2, 0.25) is 0 Å². The summed E-state index contributed by atoms with van der Waals surface area (Å²) in [6.45, 7) is 0. The molecule has 0 fully saturated rings. The maximum absolute atomic E-state index is 13.7. The summed E-state index contributed by atoms with van der Waals surface area (Å²) in [7, 11) is 1.69. The van der Waals surface area contributed by atoms with Crippen molar-refractivity contribution in [2.24, 2.45) is 0 Å². The van der Waals surface area contributed by atoms with Crippen LogP contribution in [0.25, 0.3) is 0 Å². The summed E-state index contributed by atoms with van der Waals surface area (Å²) in [5, 5.41) is 11.3. The van der Waals surface area contributed by atoms with Crippen molar-refractivity contribution < 1.29 is 9.31 Å². The monoisotopic (exact) mass is 320 g/mol. The predicted octanol–water partition coefficient (Wildman–Crippen LogP) is 3.46. The quantitative estimate of drug-likeness (QED) is 0.420. The van der Waals surface area contributed by atoms with E-state index in [1.807, 2.05) is 30.3 Å². The van der Waals surface area contributed by atoms with Crippen LogP contribution >= 0.6 is 0 Å². The average Bonchev–Trinajstić information content (AvgIpc) is 2.57. The zero-order valence-electron chi connectivity index (χ0n) is 13.0. The Labute approximate surface area is 139 Å². The van der Waals surface area contributed by atoms with Crippen molar-refractivity contribution in [2.75, 3.05) is 4.90 Å². The third-order valence-electron chi connectivity index (χ3n) is 3.73. The normalized spacial score (nSPS) is 10.4. The van der Waals surface area contributed by atoms with Gasteiger partial charge in [-0.25, -0.2) is 4.39 Å². The number of hydrogen-bond donors (Lipinski definition) is 0. The van der Waals surface area contributed by atoms with Gasteiger partial charge in [0.1, 0.15) is 13.7 Å². The molecule has 0 aliphatic rings. The lowest BCUT2D eigenvalue weighted by molar-refractivity contribution is -0.383. The van der Waals surface area contributed by atoms with E-state index < -0.39 is 4.92 Å². The fourth-order valence-electron chi connectivity index (χ4n) is 2.57. The lowest BCUT2D eigenvalue weighted by atomic mass is 9.93. The highest BCUT2D eigenvalue weighted by Gasteiger charge is 2.17. The predicted molar refractivity (Wildman–Crippen MR) is 95.9 cm³/mol. The van der Waals surface area contributed by atoms with Gasteiger partial charge in [-0.05, 0) is 41.9 Å². The van der Waals surface area contributed by atoms with E-state index >= 15 is 0 Å². The minimum Gasteiger partial charge on any atom is -0.310 e. The Balaban J connectivity index is 2.19. The first kappa shape index (κ1) is 15.7. The fraction of sp³-hybridized carbons (Fsp3) is 0. The van der Waals surface area contributed by atoms with E-state index in [0.29, 0.717) is 16.8 Å². The Morgan fingerprint density at radius 2 is 1.54 bits per heavy atom. The standard InChI is InChI=1S/C18H14BFN2O2/c19-17-10-9-16(12-18(17)22(23)24)21(14-6-2-1-3-7-14)15-8-4-5-13(20)11-15/h1-12H,19H2. The van der Waals surface area contributed by atoms with Crippen LogP contribution in [0.15, 0.2) is 72.8 Å². The van der Waals surface area contributed by atoms with Crippen LogP contribution in [0, 0.1) is 15.9 Å². The van der Waals surface area contributed by atoms with Crippen molar-refractivity contribution in [3.8, 4) is 0 Å². The molecule has 0 heterocycles. The minimum absolute atomic E-state index is 0.0323. The van der Waals surface area contributed by atoms with E-state index in [1.165, 1.54) is 18.2 Å². The molecule has 3 aromatic rings. The highest BCUT2D eigenvalue weighted by Crippen LogP contribution is 2.35. The molecular formula is C18H14BFN2O2. The molecule has 0 atom stereocenters. The number of para-hydroxylation sites is 1. The van der Waals surface area contributed by atoms with Gasteiger partial charge in [0.2, 0.25) is 0 Å². The summed E-state index contributed by atoms with van der Waals surface area (Å²) in [4.78, 5) is 12.6. The first-order chi connectivity index (χ1) is 11.6. The van der Waals surface area contributed by atoms with Crippen LogP contribution in [-0.4, -0.2) is 12.8 Å². The van der Waals surface area contributed by atoms with Gasteiger partial charge in [0.15, 0.2) is 0 Å². The summed E-state index contributed by atoms with van der Waals surface area (Å²) in [6.07, 6.45) is 0. The first-order valence-electron chi connectivity index (χ1n) is 7.42. The van der Waals surface area contributed by atoms with Gasteiger partial charge in [-0.2, -0.15) is 0 Å². The lowest BCUT2D eigenvalue weighted by Crippen LogP contribution is -2.14. The molecule has 0 saturated heterocycles. The summed E-state index contributed by atoms with van der Waals surface area (Å²) in [6, 6.07) is 20.5. The number of nitrogens with zero attached hydrogens (tertiary/aromatic N) is 2. The molecule has 0 aliphatic heterocycles. The van der Waals surface area contributed by atoms with Crippen molar-refractivity contribution >= 4 is 36.1 Å². The molecule has 0 bridgehead atoms. The molecule has 0 N–H and O–H groups in total. The van der Waals surface area contributed by atoms with Crippen LogP contribution in [0.4, 0.5) is 27.1 Å². The maximum atomic E-state index is 13.7. The van der Waals surface area contributed by atoms with Crippen LogP contribution in [0.1, 0.15) is 0 Å². The number of halogens is 1. The highest BCUT2D eigenvalue weighted by atomic mass is 19.1. The first-order valence-corrected chi connectivity index (χ1v) is 7.42. The van der Waals surface area contributed by atoms with Crippen molar-refractivity contribution in [2.45, 2.75) is 0 Å². The van der Waals surface area contributed by atoms with Gasteiger partial charge < -0.3 is 4.90 Å². The van der Waals surface area contributed by atoms with E-state index in [-0.39, 0.29) is 11.5 Å². The van der Waals surface area contributed by atoms with Crippen LogP contribution in [0.3, 0.4) is 0 Å². The molecule has 0 aromatic heterocycles. The molecule has 0 unspecified atom stereocenters. The molecule has 3 rings (SSSR count). The summed E-state index contributed by atoms with van der Waals surface area (Å²) >= 11 is 0. The van der Waals surface area contributed by atoms with Gasteiger partial charge in [0, 0.05) is 17.4 Å². The SMILES string of the molecule is Bc1ccc(N(c2ccccc2)c2cccc(F)c2)cc1[N+](=O)[O-]. The number of nitro benzene ring substituents is 1. The van der Waals surface area contributed by atoms with Gasteiger partial charge in [-0.15, -0.1) is 0 Å². The van der Waals surface area contributed by atoms with Crippen LogP contribution < -0.4 is 10.4 Å². The molecule has 4 nitrogen and oxygen atoms in total.